The Morgan fingerprint density at radius 3 is 2.24 bits per heavy atom. The molecule has 1 aromatic carbocycles. The minimum absolute atomic E-state index is 0.0460. The number of benzene rings is 1. The van der Waals surface area contributed by atoms with Crippen molar-refractivity contribution in [3.63, 3.8) is 0 Å². The summed E-state index contributed by atoms with van der Waals surface area (Å²) in [4.78, 5) is 23.6. The van der Waals surface area contributed by atoms with Crippen LogP contribution in [0.15, 0.2) is 42.5 Å². The zero-order valence-electron chi connectivity index (χ0n) is 11.9. The molecule has 2 rings (SSSR count). The maximum atomic E-state index is 12.1. The van der Waals surface area contributed by atoms with E-state index in [1.807, 2.05) is 37.3 Å². The van der Waals surface area contributed by atoms with Crippen LogP contribution in [0.3, 0.4) is 0 Å². The third kappa shape index (κ3) is 3.70. The van der Waals surface area contributed by atoms with Gasteiger partial charge in [-0.15, -0.1) is 11.3 Å². The minimum atomic E-state index is -1.01. The molecule has 2 N–H and O–H groups in total. The molecule has 0 aliphatic rings. The molecule has 2 atom stereocenters. The van der Waals surface area contributed by atoms with E-state index in [0.717, 1.165) is 16.9 Å². The Kier molecular flexibility index (Phi) is 4.75. The molecule has 1 heterocycles. The van der Waals surface area contributed by atoms with Crippen molar-refractivity contribution < 1.29 is 14.7 Å². The quantitative estimate of drug-likeness (QED) is 0.890. The second kappa shape index (κ2) is 6.54. The highest BCUT2D eigenvalue weighted by atomic mass is 32.1. The maximum absolute atomic E-state index is 12.1. The van der Waals surface area contributed by atoms with Crippen LogP contribution in [-0.4, -0.2) is 23.0 Å². The van der Waals surface area contributed by atoms with Gasteiger partial charge in [-0.3, -0.25) is 4.79 Å². The molecule has 2 unspecified atom stereocenters. The number of carboxylic acid groups (broad SMARTS) is 1. The van der Waals surface area contributed by atoms with Crippen LogP contribution < -0.4 is 5.32 Å². The van der Waals surface area contributed by atoms with Crippen LogP contribution in [0.5, 0.6) is 0 Å². The molecule has 4 nitrogen and oxygen atoms in total. The van der Waals surface area contributed by atoms with Gasteiger partial charge in [0.05, 0.1) is 4.88 Å². The Morgan fingerprint density at radius 1 is 1.05 bits per heavy atom. The van der Waals surface area contributed by atoms with Gasteiger partial charge in [-0.1, -0.05) is 37.3 Å². The van der Waals surface area contributed by atoms with Gasteiger partial charge in [-0.2, -0.15) is 0 Å². The molecule has 21 heavy (non-hydrogen) atoms. The van der Waals surface area contributed by atoms with E-state index >= 15 is 0 Å². The second-order valence-corrected chi connectivity index (χ2v) is 6.01. The Hall–Kier alpha value is -2.14. The SMILES string of the molecule is CC(NC(=O)c1ccc(C(=O)O)s1)C(C)c1ccccc1. The number of thiophene rings is 1. The summed E-state index contributed by atoms with van der Waals surface area (Å²) in [5, 5.41) is 11.8. The first-order chi connectivity index (χ1) is 9.99. The van der Waals surface area contributed by atoms with Crippen LogP contribution >= 0.6 is 11.3 Å². The van der Waals surface area contributed by atoms with E-state index in [1.165, 1.54) is 6.07 Å². The van der Waals surface area contributed by atoms with Crippen molar-refractivity contribution in [2.75, 3.05) is 0 Å². The maximum Gasteiger partial charge on any atom is 0.345 e. The van der Waals surface area contributed by atoms with Crippen molar-refractivity contribution in [2.24, 2.45) is 0 Å². The van der Waals surface area contributed by atoms with Crippen LogP contribution in [0.2, 0.25) is 0 Å². The number of carbonyl (C=O) groups is 2. The molecular formula is C16H17NO3S. The van der Waals surface area contributed by atoms with Gasteiger partial charge in [-0.25, -0.2) is 4.79 Å². The number of aromatic carboxylic acids is 1. The molecule has 0 aliphatic heterocycles. The minimum Gasteiger partial charge on any atom is -0.477 e. The molecule has 1 aromatic heterocycles. The zero-order valence-corrected chi connectivity index (χ0v) is 12.7. The second-order valence-electron chi connectivity index (χ2n) is 4.93. The zero-order chi connectivity index (χ0) is 15.4. The van der Waals surface area contributed by atoms with Crippen LogP contribution in [0.1, 0.15) is 44.7 Å². The summed E-state index contributed by atoms with van der Waals surface area (Å²) >= 11 is 0.987. The van der Waals surface area contributed by atoms with E-state index in [4.69, 9.17) is 5.11 Å². The standard InChI is InChI=1S/C16H17NO3S/c1-10(12-6-4-3-5-7-12)11(2)17-15(18)13-8-9-14(21-13)16(19)20/h3-11H,1-2H3,(H,17,18)(H,19,20). The molecule has 0 aliphatic carbocycles. The Bertz CT molecular complexity index is 636. The van der Waals surface area contributed by atoms with E-state index in [-0.39, 0.29) is 22.7 Å². The average Bonchev–Trinajstić information content (AvgIpc) is 2.97. The molecule has 2 aromatic rings. The number of nitrogens with one attached hydrogen (secondary N) is 1. The van der Waals surface area contributed by atoms with Crippen molar-refractivity contribution in [3.8, 4) is 0 Å². The van der Waals surface area contributed by atoms with Crippen molar-refractivity contribution in [1.82, 2.24) is 5.32 Å². The van der Waals surface area contributed by atoms with Gasteiger partial charge in [0.1, 0.15) is 4.88 Å². The van der Waals surface area contributed by atoms with Gasteiger partial charge in [0.25, 0.3) is 5.91 Å². The molecule has 1 amide bonds. The van der Waals surface area contributed by atoms with E-state index in [2.05, 4.69) is 12.2 Å². The highest BCUT2D eigenvalue weighted by Gasteiger charge is 2.19. The smallest absolute Gasteiger partial charge is 0.345 e. The van der Waals surface area contributed by atoms with Crippen LogP contribution in [0, 0.1) is 0 Å². The number of carbonyl (C=O) groups excluding carboxylic acids is 1. The molecule has 0 bridgehead atoms. The highest BCUT2D eigenvalue weighted by molar-refractivity contribution is 7.15. The van der Waals surface area contributed by atoms with Gasteiger partial charge in [0.15, 0.2) is 0 Å². The third-order valence-electron chi connectivity index (χ3n) is 3.47. The molecule has 0 saturated carbocycles. The normalized spacial score (nSPS) is 13.4. The first kappa shape index (κ1) is 15.3. The predicted octanol–water partition coefficient (Wildman–Crippen LogP) is 3.37. The summed E-state index contributed by atoms with van der Waals surface area (Å²) in [6.07, 6.45) is 0. The fraction of sp³-hybridized carbons (Fsp3) is 0.250. The van der Waals surface area contributed by atoms with E-state index < -0.39 is 5.97 Å². The first-order valence-corrected chi connectivity index (χ1v) is 7.49. The van der Waals surface area contributed by atoms with Crippen LogP contribution in [0.4, 0.5) is 0 Å². The Balaban J connectivity index is 2.03. The van der Waals surface area contributed by atoms with Crippen molar-refractivity contribution in [3.05, 3.63) is 57.8 Å². The van der Waals surface area contributed by atoms with E-state index in [0.29, 0.717) is 4.88 Å². The fourth-order valence-electron chi connectivity index (χ4n) is 2.02. The van der Waals surface area contributed by atoms with Gasteiger partial charge in [0.2, 0.25) is 0 Å². The van der Waals surface area contributed by atoms with E-state index in [9.17, 15) is 9.59 Å². The summed E-state index contributed by atoms with van der Waals surface area (Å²) in [7, 11) is 0. The number of hydrogen-bond donors (Lipinski definition) is 2. The Labute approximate surface area is 127 Å². The number of amides is 1. The van der Waals surface area contributed by atoms with Crippen molar-refractivity contribution >= 4 is 23.2 Å². The third-order valence-corrected chi connectivity index (χ3v) is 4.55. The van der Waals surface area contributed by atoms with Crippen LogP contribution in [0.25, 0.3) is 0 Å². The largest absolute Gasteiger partial charge is 0.477 e. The summed E-state index contributed by atoms with van der Waals surface area (Å²) < 4.78 is 0. The number of carboxylic acids is 1. The van der Waals surface area contributed by atoms with E-state index in [1.54, 1.807) is 6.07 Å². The lowest BCUT2D eigenvalue weighted by atomic mass is 9.94. The first-order valence-electron chi connectivity index (χ1n) is 6.68. The monoisotopic (exact) mass is 303 g/mol. The summed E-state index contributed by atoms with van der Waals surface area (Å²) in [6.45, 7) is 4.00. The molecule has 0 fully saturated rings. The molecule has 0 saturated heterocycles. The van der Waals surface area contributed by atoms with Gasteiger partial charge in [0, 0.05) is 12.0 Å². The average molecular weight is 303 g/mol. The van der Waals surface area contributed by atoms with Crippen LogP contribution in [-0.2, 0) is 0 Å². The molecule has 0 radical (unpaired) electrons. The molecule has 0 spiro atoms. The summed E-state index contributed by atoms with van der Waals surface area (Å²) in [6, 6.07) is 12.9. The molecule has 5 heteroatoms. The van der Waals surface area contributed by atoms with Crippen molar-refractivity contribution in [2.45, 2.75) is 25.8 Å². The lowest BCUT2D eigenvalue weighted by Gasteiger charge is -2.21. The van der Waals surface area contributed by atoms with Gasteiger partial charge < -0.3 is 10.4 Å². The number of rotatable bonds is 5. The van der Waals surface area contributed by atoms with Crippen molar-refractivity contribution in [1.29, 1.82) is 0 Å². The summed E-state index contributed by atoms with van der Waals surface area (Å²) in [5.41, 5.74) is 1.16. The highest BCUT2D eigenvalue weighted by Crippen LogP contribution is 2.20. The topological polar surface area (TPSA) is 66.4 Å². The summed E-state index contributed by atoms with van der Waals surface area (Å²) in [5.74, 6) is -1.07. The van der Waals surface area contributed by atoms with Gasteiger partial charge >= 0.3 is 5.97 Å². The predicted molar refractivity (Wildman–Crippen MR) is 83.1 cm³/mol. The lowest BCUT2D eigenvalue weighted by Crippen LogP contribution is -2.35. The Morgan fingerprint density at radius 2 is 1.67 bits per heavy atom. The fourth-order valence-corrected chi connectivity index (χ4v) is 2.77. The molecule has 110 valence electrons. The lowest BCUT2D eigenvalue weighted by molar-refractivity contribution is 0.0702. The molecular weight excluding hydrogens is 286 g/mol. The van der Waals surface area contributed by atoms with Gasteiger partial charge in [-0.05, 0) is 24.6 Å². The number of hydrogen-bond acceptors (Lipinski definition) is 3.